The molecule has 4 aromatic rings. The summed E-state index contributed by atoms with van der Waals surface area (Å²) >= 11 is 0. The Labute approximate surface area is 257 Å². The molecule has 0 spiro atoms. The maximum Gasteiger partial charge on any atom is 0.430 e. The van der Waals surface area contributed by atoms with E-state index in [0.29, 0.717) is 17.2 Å². The van der Waals surface area contributed by atoms with Crippen molar-refractivity contribution >= 4 is 46.3 Å². The molecule has 2 aromatic carbocycles. The lowest BCUT2D eigenvalue weighted by atomic mass is 10.0. The Hall–Kier alpha value is -6.41. The fraction of sp³-hybridized carbons (Fsp3) is 0.206. The molecule has 0 fully saturated rings. The third-order valence-electron chi connectivity index (χ3n) is 6.88. The Kier molecular flexibility index (Phi) is 8.76. The van der Waals surface area contributed by atoms with Crippen LogP contribution in [0.3, 0.4) is 0 Å². The van der Waals surface area contributed by atoms with Crippen molar-refractivity contribution in [1.82, 2.24) is 14.5 Å². The zero-order chi connectivity index (χ0) is 32.1. The summed E-state index contributed by atoms with van der Waals surface area (Å²) in [7, 11) is 0. The van der Waals surface area contributed by atoms with Crippen LogP contribution < -0.4 is 10.6 Å². The maximum absolute atomic E-state index is 10.3. The first-order chi connectivity index (χ1) is 21.0. The molecule has 44 heavy (non-hydrogen) atoms. The predicted molar refractivity (Wildman–Crippen MR) is 172 cm³/mol. The first-order valence-electron chi connectivity index (χ1n) is 13.4. The minimum absolute atomic E-state index is 0.107. The van der Waals surface area contributed by atoms with Gasteiger partial charge in [0.2, 0.25) is 0 Å². The van der Waals surface area contributed by atoms with Crippen LogP contribution in [0.2, 0.25) is 0 Å². The average molecular weight is 577 g/mol. The number of nitrogens with one attached hydrogen (secondary N) is 2. The van der Waals surface area contributed by atoms with Gasteiger partial charge in [0.05, 0.1) is 5.56 Å². The lowest BCUT2D eigenvalue weighted by molar-refractivity contribution is 1.04. The number of aromatic nitrogens is 3. The molecule has 0 unspecified atom stereocenters. The molecule has 0 aliphatic heterocycles. The van der Waals surface area contributed by atoms with Crippen LogP contribution in [0, 0.1) is 97.3 Å². The van der Waals surface area contributed by atoms with Crippen LogP contribution in [-0.4, -0.2) is 14.5 Å². The average Bonchev–Trinajstić information content (AvgIpc) is 3.31. The first-order valence-corrected chi connectivity index (χ1v) is 13.4. The van der Waals surface area contributed by atoms with Crippen molar-refractivity contribution in [2.24, 2.45) is 10.2 Å². The van der Waals surface area contributed by atoms with E-state index in [4.69, 9.17) is 24.6 Å². The van der Waals surface area contributed by atoms with Gasteiger partial charge in [-0.1, -0.05) is 58.6 Å². The Morgan fingerprint density at radius 2 is 1.36 bits per heavy atom. The summed E-state index contributed by atoms with van der Waals surface area (Å²) in [5.74, 6) is 4.89. The largest absolute Gasteiger partial charge is 0.430 e. The Morgan fingerprint density at radius 1 is 0.818 bits per heavy atom. The van der Waals surface area contributed by atoms with Gasteiger partial charge in [-0.25, -0.2) is 4.98 Å². The summed E-state index contributed by atoms with van der Waals surface area (Å²) in [5.41, 5.74) is 9.02. The van der Waals surface area contributed by atoms with E-state index in [-0.39, 0.29) is 28.8 Å². The molecule has 0 atom stereocenters. The minimum Gasteiger partial charge on any atom is -0.372 e. The number of nitrogens with zero attached hydrogens (tertiary/aromatic N) is 8. The summed E-state index contributed by atoms with van der Waals surface area (Å²) in [4.78, 5) is 15.7. The van der Waals surface area contributed by atoms with Crippen LogP contribution in [-0.2, 0) is 0 Å². The fourth-order valence-electron chi connectivity index (χ4n) is 5.04. The van der Waals surface area contributed by atoms with E-state index in [1.165, 1.54) is 0 Å². The molecule has 0 aliphatic carbocycles. The summed E-state index contributed by atoms with van der Waals surface area (Å²) in [6.07, 6.45) is 5.29. The minimum atomic E-state index is -0.180. The number of hydrogen-bond donors (Lipinski definition) is 2. The Morgan fingerprint density at radius 3 is 1.84 bits per heavy atom. The van der Waals surface area contributed by atoms with Gasteiger partial charge in [0.15, 0.2) is 11.6 Å². The van der Waals surface area contributed by atoms with Crippen molar-refractivity contribution in [2.75, 3.05) is 10.6 Å². The molecule has 2 heterocycles. The molecule has 4 rings (SSSR count). The standard InChI is InChI=1S/C34H28N10/c1-11-12-13-44-33(37-10)32(36-9)41-34(44)43-42-29-25(8)26(18-35)30(38-27-21(4)14-19(2)15-22(27)5)40-31(29)39-28-23(6)16-20(3)17-24(28)7/h1,14-17H,2-8H3,(H2,38,39,40). The topological polar surface area (TPSA) is 112 Å². The number of benzene rings is 2. The van der Waals surface area contributed by atoms with Crippen LogP contribution in [0.25, 0.3) is 9.69 Å². The second kappa shape index (κ2) is 12.6. The van der Waals surface area contributed by atoms with Gasteiger partial charge in [0.1, 0.15) is 17.8 Å². The molecule has 2 aromatic heterocycles. The fourth-order valence-corrected chi connectivity index (χ4v) is 5.04. The predicted octanol–water partition coefficient (Wildman–Crippen LogP) is 8.76. The van der Waals surface area contributed by atoms with Gasteiger partial charge in [-0.2, -0.15) is 9.83 Å². The van der Waals surface area contributed by atoms with Gasteiger partial charge < -0.3 is 20.3 Å². The second-order valence-electron chi connectivity index (χ2n) is 10.3. The number of hydrogen-bond acceptors (Lipinski definition) is 7. The number of anilines is 4. The molecule has 10 heteroatoms. The van der Waals surface area contributed by atoms with Crippen LogP contribution in [0.5, 0.6) is 0 Å². The number of rotatable bonds is 6. The van der Waals surface area contributed by atoms with E-state index >= 15 is 0 Å². The van der Waals surface area contributed by atoms with E-state index in [2.05, 4.69) is 83.8 Å². The zero-order valence-corrected chi connectivity index (χ0v) is 25.5. The smallest absolute Gasteiger partial charge is 0.372 e. The van der Waals surface area contributed by atoms with Crippen LogP contribution in [0.15, 0.2) is 34.5 Å². The summed E-state index contributed by atoms with van der Waals surface area (Å²) in [5, 5.41) is 25.8. The van der Waals surface area contributed by atoms with Crippen molar-refractivity contribution in [3.05, 3.63) is 91.6 Å². The van der Waals surface area contributed by atoms with Gasteiger partial charge in [0.25, 0.3) is 11.6 Å². The molecular formula is C34H28N10. The van der Waals surface area contributed by atoms with Crippen molar-refractivity contribution in [3.63, 3.8) is 0 Å². The van der Waals surface area contributed by atoms with Crippen molar-refractivity contribution < 1.29 is 0 Å². The van der Waals surface area contributed by atoms with Gasteiger partial charge in [-0.15, -0.1) is 11.5 Å². The zero-order valence-electron chi connectivity index (χ0n) is 25.5. The summed E-state index contributed by atoms with van der Waals surface area (Å²) in [6.45, 7) is 28.7. The molecule has 0 amide bonds. The molecule has 214 valence electrons. The van der Waals surface area contributed by atoms with Crippen molar-refractivity contribution in [1.29, 1.82) is 5.26 Å². The Balaban J connectivity index is 1.97. The van der Waals surface area contributed by atoms with Gasteiger partial charge in [-0.05, 0) is 76.6 Å². The molecule has 0 aliphatic rings. The second-order valence-corrected chi connectivity index (χ2v) is 10.3. The van der Waals surface area contributed by atoms with E-state index in [1.807, 2.05) is 41.5 Å². The number of azo groups is 1. The molecular weight excluding hydrogens is 548 g/mol. The highest BCUT2D eigenvalue weighted by atomic mass is 15.3. The highest BCUT2D eigenvalue weighted by Crippen LogP contribution is 2.40. The first kappa shape index (κ1) is 30.5. The van der Waals surface area contributed by atoms with Gasteiger partial charge >= 0.3 is 5.95 Å². The van der Waals surface area contributed by atoms with Gasteiger partial charge in [-0.3, -0.25) is 0 Å². The molecule has 0 saturated carbocycles. The number of aryl methyl sites for hydroxylation is 6. The normalized spacial score (nSPS) is 10.2. The van der Waals surface area contributed by atoms with Crippen LogP contribution in [0.1, 0.15) is 44.5 Å². The molecule has 0 radical (unpaired) electrons. The van der Waals surface area contributed by atoms with E-state index < -0.39 is 0 Å². The number of pyridine rings is 1. The highest BCUT2D eigenvalue weighted by molar-refractivity contribution is 5.81. The molecule has 2 N–H and O–H groups in total. The van der Waals surface area contributed by atoms with Crippen molar-refractivity contribution in [3.8, 4) is 30.4 Å². The van der Waals surface area contributed by atoms with Crippen LogP contribution >= 0.6 is 0 Å². The molecule has 10 nitrogen and oxygen atoms in total. The van der Waals surface area contributed by atoms with E-state index in [0.717, 1.165) is 49.3 Å². The SMILES string of the molecule is [C-]#[N+]c1nc(N=Nc2c(Nc3c(C)cc(C)cc3C)nc(Nc3c(C)cc(C)cc3C)c(C#N)c2C)n(C#CC#C)c1[N+]#[C-]. The molecule has 0 bridgehead atoms. The monoisotopic (exact) mass is 576 g/mol. The van der Waals surface area contributed by atoms with Gasteiger partial charge in [0, 0.05) is 22.9 Å². The highest BCUT2D eigenvalue weighted by Gasteiger charge is 2.24. The molecule has 0 saturated heterocycles. The quantitative estimate of drug-likeness (QED) is 0.135. The lowest BCUT2D eigenvalue weighted by Gasteiger charge is -2.19. The Bertz CT molecular complexity index is 2050. The third kappa shape index (κ3) is 5.95. The number of terminal acetylenes is 1. The van der Waals surface area contributed by atoms with Crippen molar-refractivity contribution in [2.45, 2.75) is 48.5 Å². The number of imidazole rings is 1. The number of nitriles is 1. The summed E-state index contributed by atoms with van der Waals surface area (Å²) < 4.78 is 1.12. The van der Waals surface area contributed by atoms with Crippen LogP contribution in [0.4, 0.5) is 46.3 Å². The maximum atomic E-state index is 10.3. The lowest BCUT2D eigenvalue weighted by Crippen LogP contribution is -2.07. The third-order valence-corrected chi connectivity index (χ3v) is 6.88. The summed E-state index contributed by atoms with van der Waals surface area (Å²) in [6, 6.07) is 13.1. The van der Waals surface area contributed by atoms with E-state index in [1.54, 1.807) is 6.92 Å². The van der Waals surface area contributed by atoms with E-state index in [9.17, 15) is 5.26 Å².